The number of piperidine rings is 1. The molecule has 0 unspecified atom stereocenters. The Labute approximate surface area is 161 Å². The Balaban J connectivity index is 1.48. The van der Waals surface area contributed by atoms with Gasteiger partial charge in [0.25, 0.3) is 5.69 Å². The van der Waals surface area contributed by atoms with Crippen LogP contribution in [0.2, 0.25) is 0 Å². The molecule has 8 heteroatoms. The van der Waals surface area contributed by atoms with Crippen molar-refractivity contribution >= 4 is 34.6 Å². The highest BCUT2D eigenvalue weighted by Gasteiger charge is 2.34. The van der Waals surface area contributed by atoms with E-state index in [9.17, 15) is 19.7 Å². The second-order valence-electron chi connectivity index (χ2n) is 7.00. The van der Waals surface area contributed by atoms with Crippen LogP contribution in [0.15, 0.2) is 48.5 Å². The third kappa shape index (κ3) is 3.28. The van der Waals surface area contributed by atoms with E-state index in [-0.39, 0.29) is 34.9 Å². The van der Waals surface area contributed by atoms with Crippen LogP contribution in [0.5, 0.6) is 0 Å². The monoisotopic (exact) mass is 380 g/mol. The molecule has 2 aromatic carbocycles. The van der Waals surface area contributed by atoms with Gasteiger partial charge >= 0.3 is 0 Å². The molecule has 2 aromatic rings. The summed E-state index contributed by atoms with van der Waals surface area (Å²) in [5.74, 6) is -0.480. The summed E-state index contributed by atoms with van der Waals surface area (Å²) in [6, 6.07) is 13.9. The summed E-state index contributed by atoms with van der Waals surface area (Å²) < 4.78 is 0. The fourth-order valence-corrected chi connectivity index (χ4v) is 3.90. The topological polar surface area (TPSA) is 95.8 Å². The molecule has 28 heavy (non-hydrogen) atoms. The molecule has 4 rings (SSSR count). The minimum Gasteiger partial charge on any atom is -0.366 e. The highest BCUT2D eigenvalue weighted by molar-refractivity contribution is 6.10. The van der Waals surface area contributed by atoms with E-state index in [4.69, 9.17) is 0 Å². The molecule has 0 spiro atoms. The van der Waals surface area contributed by atoms with Gasteiger partial charge in [-0.15, -0.1) is 0 Å². The second kappa shape index (κ2) is 7.30. The maximum absolute atomic E-state index is 13.1. The van der Waals surface area contributed by atoms with Gasteiger partial charge in [-0.3, -0.25) is 19.7 Å². The number of fused-ring (bicyclic) bond motifs is 1. The Morgan fingerprint density at radius 2 is 1.68 bits per heavy atom. The third-order valence-electron chi connectivity index (χ3n) is 5.30. The first-order valence-electron chi connectivity index (χ1n) is 9.23. The number of nitrogens with zero attached hydrogens (tertiary/aromatic N) is 3. The highest BCUT2D eigenvalue weighted by Crippen LogP contribution is 2.34. The molecule has 1 N–H and O–H groups in total. The summed E-state index contributed by atoms with van der Waals surface area (Å²) in [7, 11) is 0. The molecule has 2 amide bonds. The zero-order valence-electron chi connectivity index (χ0n) is 15.2. The molecule has 1 saturated heterocycles. The molecule has 0 bridgehead atoms. The van der Waals surface area contributed by atoms with Crippen molar-refractivity contribution in [2.45, 2.75) is 12.8 Å². The van der Waals surface area contributed by atoms with Crippen molar-refractivity contribution in [2.24, 2.45) is 5.92 Å². The quantitative estimate of drug-likeness (QED) is 0.652. The van der Waals surface area contributed by atoms with Gasteiger partial charge in [0, 0.05) is 25.1 Å². The first-order chi connectivity index (χ1) is 13.5. The summed E-state index contributed by atoms with van der Waals surface area (Å²) in [4.78, 5) is 39.5. The van der Waals surface area contributed by atoms with Crippen LogP contribution < -0.4 is 15.1 Å². The minimum absolute atomic E-state index is 0.0141. The molecule has 0 aliphatic carbocycles. The number of rotatable bonds is 3. The van der Waals surface area contributed by atoms with Crippen LogP contribution in [0.1, 0.15) is 12.8 Å². The van der Waals surface area contributed by atoms with Gasteiger partial charge in [-0.25, -0.2) is 0 Å². The summed E-state index contributed by atoms with van der Waals surface area (Å²) in [5.41, 5.74) is 2.02. The van der Waals surface area contributed by atoms with Crippen LogP contribution in [0, 0.1) is 16.0 Å². The molecular formula is C20H20N4O4. The average Bonchev–Trinajstić information content (AvgIpc) is 2.72. The van der Waals surface area contributed by atoms with E-state index in [1.807, 2.05) is 23.1 Å². The van der Waals surface area contributed by atoms with Gasteiger partial charge < -0.3 is 15.1 Å². The van der Waals surface area contributed by atoms with Crippen molar-refractivity contribution in [3.8, 4) is 0 Å². The summed E-state index contributed by atoms with van der Waals surface area (Å²) in [6.45, 7) is 1.13. The van der Waals surface area contributed by atoms with Gasteiger partial charge in [0.1, 0.15) is 12.2 Å². The zero-order valence-corrected chi connectivity index (χ0v) is 15.2. The van der Waals surface area contributed by atoms with E-state index in [2.05, 4.69) is 5.32 Å². The molecule has 1 fully saturated rings. The van der Waals surface area contributed by atoms with E-state index in [0.717, 1.165) is 0 Å². The number of nitro groups is 1. The highest BCUT2D eigenvalue weighted by atomic mass is 16.6. The number of amides is 2. The molecule has 2 aliphatic heterocycles. The molecule has 0 atom stereocenters. The Kier molecular flexibility index (Phi) is 4.68. The molecule has 0 saturated carbocycles. The van der Waals surface area contributed by atoms with Crippen molar-refractivity contribution in [3.63, 3.8) is 0 Å². The molecule has 8 nitrogen and oxygen atoms in total. The molecule has 0 aromatic heterocycles. The lowest BCUT2D eigenvalue weighted by molar-refractivity contribution is -0.384. The second-order valence-corrected chi connectivity index (χ2v) is 7.00. The normalized spacial score (nSPS) is 17.1. The number of para-hydroxylation sites is 4. The predicted octanol–water partition coefficient (Wildman–Crippen LogP) is 2.80. The minimum atomic E-state index is -0.379. The molecular weight excluding hydrogens is 360 g/mol. The van der Waals surface area contributed by atoms with Gasteiger partial charge in [-0.05, 0) is 31.0 Å². The number of benzene rings is 2. The maximum atomic E-state index is 13.1. The van der Waals surface area contributed by atoms with Crippen molar-refractivity contribution in [1.82, 2.24) is 0 Å². The fourth-order valence-electron chi connectivity index (χ4n) is 3.90. The van der Waals surface area contributed by atoms with E-state index < -0.39 is 0 Å². The van der Waals surface area contributed by atoms with Crippen LogP contribution in [0.3, 0.4) is 0 Å². The summed E-state index contributed by atoms with van der Waals surface area (Å²) >= 11 is 0. The fraction of sp³-hybridized carbons (Fsp3) is 0.300. The zero-order chi connectivity index (χ0) is 19.7. The van der Waals surface area contributed by atoms with Crippen LogP contribution in [0.4, 0.5) is 22.7 Å². The smallest absolute Gasteiger partial charge is 0.292 e. The first-order valence-corrected chi connectivity index (χ1v) is 9.23. The van der Waals surface area contributed by atoms with Crippen molar-refractivity contribution in [2.75, 3.05) is 34.8 Å². The summed E-state index contributed by atoms with van der Waals surface area (Å²) in [5, 5.41) is 14.1. The van der Waals surface area contributed by atoms with E-state index >= 15 is 0 Å². The predicted molar refractivity (Wildman–Crippen MR) is 105 cm³/mol. The Morgan fingerprint density at radius 3 is 2.39 bits per heavy atom. The Hall–Kier alpha value is -3.42. The van der Waals surface area contributed by atoms with Gasteiger partial charge in [0.05, 0.1) is 16.3 Å². The van der Waals surface area contributed by atoms with Crippen LogP contribution in [-0.4, -0.2) is 36.4 Å². The maximum Gasteiger partial charge on any atom is 0.292 e. The van der Waals surface area contributed by atoms with Crippen LogP contribution in [0.25, 0.3) is 0 Å². The number of anilines is 3. The van der Waals surface area contributed by atoms with Gasteiger partial charge in [0.15, 0.2) is 0 Å². The summed E-state index contributed by atoms with van der Waals surface area (Å²) in [6.07, 6.45) is 1.18. The van der Waals surface area contributed by atoms with E-state index in [1.54, 1.807) is 29.2 Å². The van der Waals surface area contributed by atoms with Crippen LogP contribution in [-0.2, 0) is 9.59 Å². The first kappa shape index (κ1) is 18.0. The molecule has 0 radical (unpaired) electrons. The van der Waals surface area contributed by atoms with Gasteiger partial charge in [-0.2, -0.15) is 0 Å². The van der Waals surface area contributed by atoms with Crippen molar-refractivity contribution < 1.29 is 14.5 Å². The van der Waals surface area contributed by atoms with Crippen molar-refractivity contribution in [1.29, 1.82) is 0 Å². The lowest BCUT2D eigenvalue weighted by Gasteiger charge is -2.36. The van der Waals surface area contributed by atoms with E-state index in [0.29, 0.717) is 43.0 Å². The number of hydrogen-bond acceptors (Lipinski definition) is 5. The molecule has 2 aliphatic rings. The lowest BCUT2D eigenvalue weighted by atomic mass is 9.94. The van der Waals surface area contributed by atoms with Gasteiger partial charge in [0.2, 0.25) is 11.8 Å². The largest absolute Gasteiger partial charge is 0.366 e. The van der Waals surface area contributed by atoms with Crippen molar-refractivity contribution in [3.05, 3.63) is 58.6 Å². The SMILES string of the molecule is O=C1CN(C(=O)C2CCN(c3ccccc3[N+](=O)[O-])CC2)c2ccccc2N1. The number of hydrogen-bond donors (Lipinski definition) is 1. The number of nitrogens with one attached hydrogen (secondary N) is 1. The number of carbonyl (C=O) groups excluding carboxylic acids is 2. The Bertz CT molecular complexity index is 937. The Morgan fingerprint density at radius 1 is 1.04 bits per heavy atom. The molecule has 2 heterocycles. The molecule has 144 valence electrons. The lowest BCUT2D eigenvalue weighted by Crippen LogP contribution is -2.47. The van der Waals surface area contributed by atoms with E-state index in [1.165, 1.54) is 6.07 Å². The number of carbonyl (C=O) groups is 2. The van der Waals surface area contributed by atoms with Gasteiger partial charge in [-0.1, -0.05) is 24.3 Å². The van der Waals surface area contributed by atoms with Crippen LogP contribution >= 0.6 is 0 Å². The average molecular weight is 380 g/mol. The third-order valence-corrected chi connectivity index (χ3v) is 5.30. The standard InChI is InChI=1S/C20H20N4O4/c25-19-13-23(16-6-2-1-5-15(16)21-19)20(26)14-9-11-22(12-10-14)17-7-3-4-8-18(17)24(27)28/h1-8,14H,9-13H2,(H,21,25). The number of nitro benzene ring substituents is 1.